The van der Waals surface area contributed by atoms with Gasteiger partial charge in [-0.05, 0) is 38.5 Å². The number of benzene rings is 1. The minimum Gasteiger partial charge on any atom is -0.465 e. The lowest BCUT2D eigenvalue weighted by Gasteiger charge is -2.13. The highest BCUT2D eigenvalue weighted by Gasteiger charge is 2.28. The second-order valence-corrected chi connectivity index (χ2v) is 6.18. The Kier molecular flexibility index (Phi) is 6.00. The maximum atomic E-state index is 13.3. The minimum absolute atomic E-state index is 0.0737. The lowest BCUT2D eigenvalue weighted by molar-refractivity contribution is 0.0316. The number of hydrogen-bond donors (Lipinski definition) is 1. The van der Waals surface area contributed by atoms with Crippen LogP contribution in [0.4, 0.5) is 8.78 Å². The van der Waals surface area contributed by atoms with E-state index in [9.17, 15) is 23.2 Å². The van der Waals surface area contributed by atoms with Gasteiger partial charge in [0, 0.05) is 5.69 Å². The van der Waals surface area contributed by atoms with Crippen molar-refractivity contribution in [1.82, 2.24) is 4.98 Å². The van der Waals surface area contributed by atoms with Gasteiger partial charge in [-0.3, -0.25) is 4.79 Å². The molecule has 6 nitrogen and oxygen atoms in total. The van der Waals surface area contributed by atoms with E-state index >= 15 is 0 Å². The summed E-state index contributed by atoms with van der Waals surface area (Å²) in [5.41, 5.74) is 0.639. The molecule has 0 amide bonds. The van der Waals surface area contributed by atoms with Crippen LogP contribution in [0, 0.1) is 25.5 Å². The molecule has 0 saturated carbocycles. The number of aryl methyl sites for hydroxylation is 1. The Hall–Kier alpha value is -2.74. The highest BCUT2D eigenvalue weighted by atomic mass is 35.5. The molecule has 1 aromatic heterocycles. The average Bonchev–Trinajstić information content (AvgIpc) is 2.90. The summed E-state index contributed by atoms with van der Waals surface area (Å²) in [6.45, 7) is 4.44. The number of hydrogen-bond acceptors (Lipinski definition) is 5. The summed E-state index contributed by atoms with van der Waals surface area (Å²) in [6.07, 6.45) is -1.27. The van der Waals surface area contributed by atoms with Crippen LogP contribution in [0.3, 0.4) is 0 Å². The summed E-state index contributed by atoms with van der Waals surface area (Å²) in [4.78, 5) is 39.3. The Balaban J connectivity index is 2.25. The van der Waals surface area contributed by atoms with Crippen LogP contribution in [-0.2, 0) is 9.47 Å². The zero-order valence-corrected chi connectivity index (χ0v) is 15.7. The number of carbonyl (C=O) groups is 3. The first-order valence-corrected chi connectivity index (χ1v) is 8.13. The number of rotatable bonds is 5. The molecular formula is C18H16ClF2NO5. The summed E-state index contributed by atoms with van der Waals surface area (Å²) in [5, 5.41) is -0.349. The van der Waals surface area contributed by atoms with Gasteiger partial charge >= 0.3 is 11.9 Å². The number of methoxy groups -OCH3 is 1. The molecule has 1 atom stereocenters. The smallest absolute Gasteiger partial charge is 0.340 e. The van der Waals surface area contributed by atoms with Crippen molar-refractivity contribution >= 4 is 29.3 Å². The summed E-state index contributed by atoms with van der Waals surface area (Å²) in [7, 11) is 1.21. The molecule has 27 heavy (non-hydrogen) atoms. The summed E-state index contributed by atoms with van der Waals surface area (Å²) in [5.74, 6) is -4.80. The number of halogens is 3. The van der Waals surface area contributed by atoms with Crippen molar-refractivity contribution in [2.24, 2.45) is 0 Å². The van der Waals surface area contributed by atoms with Crippen LogP contribution < -0.4 is 0 Å². The van der Waals surface area contributed by atoms with Crippen LogP contribution in [0.2, 0.25) is 5.02 Å². The molecular weight excluding hydrogens is 384 g/mol. The van der Waals surface area contributed by atoms with Gasteiger partial charge in [0.2, 0.25) is 5.78 Å². The maximum Gasteiger partial charge on any atom is 0.340 e. The van der Waals surface area contributed by atoms with Crippen LogP contribution in [0.1, 0.15) is 49.4 Å². The van der Waals surface area contributed by atoms with E-state index in [1.54, 1.807) is 13.8 Å². The third kappa shape index (κ3) is 4.00. The predicted molar refractivity (Wildman–Crippen MR) is 92.2 cm³/mol. The van der Waals surface area contributed by atoms with E-state index in [4.69, 9.17) is 16.3 Å². The van der Waals surface area contributed by atoms with Gasteiger partial charge in [0.1, 0.15) is 0 Å². The first-order chi connectivity index (χ1) is 12.6. The molecule has 0 aliphatic carbocycles. The largest absolute Gasteiger partial charge is 0.465 e. The Labute approximate surface area is 158 Å². The number of aromatic nitrogens is 1. The Bertz CT molecular complexity index is 938. The number of esters is 2. The number of H-pyrrole nitrogens is 1. The number of aromatic amines is 1. The van der Waals surface area contributed by atoms with Crippen molar-refractivity contribution in [2.75, 3.05) is 7.11 Å². The highest BCUT2D eigenvalue weighted by Crippen LogP contribution is 2.23. The quantitative estimate of drug-likeness (QED) is 0.470. The standard InChI is InChI=1S/C18H16ClF2NO5/c1-7-14(18(25)26-4)8(2)22-15(7)16(23)9(3)27-17(24)10-5-12(20)13(21)6-11(10)19/h5-6,9,22H,1-4H3/t9-/m1/s1. The minimum atomic E-state index is -1.27. The van der Waals surface area contributed by atoms with Crippen LogP contribution in [-0.4, -0.2) is 35.9 Å². The van der Waals surface area contributed by atoms with Crippen LogP contribution >= 0.6 is 11.6 Å². The van der Waals surface area contributed by atoms with E-state index in [1.165, 1.54) is 14.0 Å². The van der Waals surface area contributed by atoms with Gasteiger partial charge in [-0.2, -0.15) is 0 Å². The number of ketones is 1. The van der Waals surface area contributed by atoms with Crippen LogP contribution in [0.25, 0.3) is 0 Å². The third-order valence-electron chi connectivity index (χ3n) is 3.96. The van der Waals surface area contributed by atoms with Crippen molar-refractivity contribution in [3.8, 4) is 0 Å². The van der Waals surface area contributed by atoms with Crippen molar-refractivity contribution < 1.29 is 32.6 Å². The monoisotopic (exact) mass is 399 g/mol. The molecule has 0 unspecified atom stereocenters. The van der Waals surface area contributed by atoms with E-state index in [-0.39, 0.29) is 16.3 Å². The number of ether oxygens (including phenoxy) is 2. The topological polar surface area (TPSA) is 85.5 Å². The second kappa shape index (κ2) is 7.87. The normalized spacial score (nSPS) is 11.8. The Morgan fingerprint density at radius 3 is 2.30 bits per heavy atom. The Morgan fingerprint density at radius 2 is 1.70 bits per heavy atom. The number of nitrogens with one attached hydrogen (secondary N) is 1. The van der Waals surface area contributed by atoms with Crippen molar-refractivity contribution in [1.29, 1.82) is 0 Å². The number of carbonyl (C=O) groups excluding carboxylic acids is 3. The molecule has 0 aliphatic heterocycles. The molecule has 1 heterocycles. The first-order valence-electron chi connectivity index (χ1n) is 7.75. The van der Waals surface area contributed by atoms with Gasteiger partial charge in [-0.25, -0.2) is 18.4 Å². The molecule has 0 spiro atoms. The van der Waals surface area contributed by atoms with Gasteiger partial charge in [0.25, 0.3) is 0 Å². The maximum absolute atomic E-state index is 13.3. The molecule has 0 aliphatic rings. The van der Waals surface area contributed by atoms with Crippen LogP contribution in [0.5, 0.6) is 0 Å². The van der Waals surface area contributed by atoms with E-state index in [2.05, 4.69) is 9.72 Å². The summed E-state index contributed by atoms with van der Waals surface area (Å²) < 4.78 is 36.1. The Morgan fingerprint density at radius 1 is 1.11 bits per heavy atom. The molecule has 2 aromatic rings. The first kappa shape index (κ1) is 20.6. The van der Waals surface area contributed by atoms with E-state index in [0.717, 1.165) is 0 Å². The molecule has 144 valence electrons. The number of Topliss-reactive ketones (excluding diaryl/α,β-unsaturated/α-hetero) is 1. The third-order valence-corrected chi connectivity index (χ3v) is 4.27. The fourth-order valence-electron chi connectivity index (χ4n) is 2.56. The summed E-state index contributed by atoms with van der Waals surface area (Å²) in [6, 6.07) is 1.23. The van der Waals surface area contributed by atoms with Crippen molar-refractivity contribution in [2.45, 2.75) is 26.9 Å². The highest BCUT2D eigenvalue weighted by molar-refractivity contribution is 6.33. The van der Waals surface area contributed by atoms with E-state index in [1.807, 2.05) is 0 Å². The van der Waals surface area contributed by atoms with Crippen molar-refractivity contribution in [3.63, 3.8) is 0 Å². The zero-order chi connectivity index (χ0) is 20.5. The fourth-order valence-corrected chi connectivity index (χ4v) is 2.79. The molecule has 2 rings (SSSR count). The molecule has 9 heteroatoms. The van der Waals surface area contributed by atoms with Gasteiger partial charge in [-0.1, -0.05) is 11.6 Å². The van der Waals surface area contributed by atoms with Gasteiger partial charge in [-0.15, -0.1) is 0 Å². The molecule has 1 N–H and O–H groups in total. The van der Waals surface area contributed by atoms with Gasteiger partial charge < -0.3 is 14.5 Å². The van der Waals surface area contributed by atoms with Crippen molar-refractivity contribution in [3.05, 3.63) is 56.9 Å². The zero-order valence-electron chi connectivity index (χ0n) is 14.9. The molecule has 0 fully saturated rings. The lowest BCUT2D eigenvalue weighted by Crippen LogP contribution is -2.25. The van der Waals surface area contributed by atoms with Gasteiger partial charge in [0.05, 0.1) is 29.0 Å². The van der Waals surface area contributed by atoms with Crippen LogP contribution in [0.15, 0.2) is 12.1 Å². The fraction of sp³-hybridized carbons (Fsp3) is 0.278. The molecule has 0 bridgehead atoms. The van der Waals surface area contributed by atoms with E-state index < -0.39 is 41.0 Å². The second-order valence-electron chi connectivity index (χ2n) is 5.77. The molecule has 1 aromatic carbocycles. The summed E-state index contributed by atoms with van der Waals surface area (Å²) >= 11 is 5.73. The van der Waals surface area contributed by atoms with E-state index in [0.29, 0.717) is 23.4 Å². The average molecular weight is 400 g/mol. The molecule has 0 saturated heterocycles. The SMILES string of the molecule is COC(=O)c1c(C)[nH]c(C(=O)[C@@H](C)OC(=O)c2cc(F)c(F)cc2Cl)c1C. The lowest BCUT2D eigenvalue weighted by atomic mass is 10.1. The molecule has 0 radical (unpaired) electrons. The van der Waals surface area contributed by atoms with Gasteiger partial charge in [0.15, 0.2) is 17.7 Å². The predicted octanol–water partition coefficient (Wildman–Crippen LogP) is 3.78.